The molecule has 1 unspecified atom stereocenters. The topological polar surface area (TPSA) is 51.4 Å². The molecule has 0 saturated carbocycles. The zero-order valence-corrected chi connectivity index (χ0v) is 15.1. The van der Waals surface area contributed by atoms with Crippen molar-refractivity contribution in [1.29, 1.82) is 0 Å². The standard InChI is InChI=1S/C21H22FN3O2/c22-18-9-4-6-16(12-18)13-25(14-19-10-5-11-26-19)15-20-23-24-21(27-20)17-7-2-1-3-8-17/h1-4,6-9,12,19H,5,10-11,13-15H2. The highest BCUT2D eigenvalue weighted by Gasteiger charge is 2.21. The van der Waals surface area contributed by atoms with Crippen LogP contribution in [0.5, 0.6) is 0 Å². The van der Waals surface area contributed by atoms with Crippen LogP contribution in [0.15, 0.2) is 59.0 Å². The molecular formula is C21H22FN3O2. The Balaban J connectivity index is 1.49. The van der Waals surface area contributed by atoms with Gasteiger partial charge in [0.15, 0.2) is 0 Å². The number of hydrogen-bond donors (Lipinski definition) is 0. The molecule has 2 aromatic carbocycles. The SMILES string of the molecule is Fc1cccc(CN(Cc2nnc(-c3ccccc3)o2)CC2CCCO2)c1. The van der Waals surface area contributed by atoms with Crippen LogP contribution in [0.3, 0.4) is 0 Å². The summed E-state index contributed by atoms with van der Waals surface area (Å²) in [5, 5.41) is 8.35. The lowest BCUT2D eigenvalue weighted by Crippen LogP contribution is -2.31. The Morgan fingerprint density at radius 2 is 1.93 bits per heavy atom. The van der Waals surface area contributed by atoms with Gasteiger partial charge in [-0.3, -0.25) is 4.90 Å². The molecule has 0 N–H and O–H groups in total. The van der Waals surface area contributed by atoms with Crippen molar-refractivity contribution in [3.8, 4) is 11.5 Å². The minimum absolute atomic E-state index is 0.190. The molecule has 6 heteroatoms. The third kappa shape index (κ3) is 4.78. The molecule has 0 amide bonds. The van der Waals surface area contributed by atoms with E-state index in [1.54, 1.807) is 12.1 Å². The number of benzene rings is 2. The summed E-state index contributed by atoms with van der Waals surface area (Å²) in [5.74, 6) is 0.824. The van der Waals surface area contributed by atoms with Crippen molar-refractivity contribution in [1.82, 2.24) is 15.1 Å². The first-order valence-corrected chi connectivity index (χ1v) is 9.22. The molecular weight excluding hydrogens is 345 g/mol. The molecule has 0 spiro atoms. The fraction of sp³-hybridized carbons (Fsp3) is 0.333. The molecule has 1 aliphatic heterocycles. The van der Waals surface area contributed by atoms with Crippen LogP contribution < -0.4 is 0 Å². The van der Waals surface area contributed by atoms with Crippen LogP contribution in [0.1, 0.15) is 24.3 Å². The molecule has 1 saturated heterocycles. The van der Waals surface area contributed by atoms with E-state index in [4.69, 9.17) is 9.15 Å². The fourth-order valence-electron chi connectivity index (χ4n) is 3.36. The van der Waals surface area contributed by atoms with Gasteiger partial charge in [0, 0.05) is 25.3 Å². The second kappa shape index (κ2) is 8.41. The molecule has 0 bridgehead atoms. The van der Waals surface area contributed by atoms with E-state index >= 15 is 0 Å². The van der Waals surface area contributed by atoms with Crippen molar-refractivity contribution in [3.05, 3.63) is 71.9 Å². The van der Waals surface area contributed by atoms with Crippen molar-refractivity contribution < 1.29 is 13.5 Å². The number of nitrogens with zero attached hydrogens (tertiary/aromatic N) is 3. The first-order valence-electron chi connectivity index (χ1n) is 9.22. The van der Waals surface area contributed by atoms with Gasteiger partial charge in [-0.15, -0.1) is 10.2 Å². The number of halogens is 1. The Morgan fingerprint density at radius 3 is 2.70 bits per heavy atom. The van der Waals surface area contributed by atoms with E-state index in [1.165, 1.54) is 6.07 Å². The predicted octanol–water partition coefficient (Wildman–Crippen LogP) is 4.06. The predicted molar refractivity (Wildman–Crippen MR) is 99.2 cm³/mol. The van der Waals surface area contributed by atoms with Crippen molar-refractivity contribution in [2.45, 2.75) is 32.0 Å². The van der Waals surface area contributed by atoms with Crippen molar-refractivity contribution in [2.75, 3.05) is 13.2 Å². The molecule has 1 aliphatic rings. The molecule has 0 aliphatic carbocycles. The van der Waals surface area contributed by atoms with Gasteiger partial charge in [-0.05, 0) is 42.7 Å². The highest BCUT2D eigenvalue weighted by molar-refractivity contribution is 5.51. The molecule has 1 atom stereocenters. The summed E-state index contributed by atoms with van der Waals surface area (Å²) < 4.78 is 25.2. The van der Waals surface area contributed by atoms with Crippen LogP contribution in [0, 0.1) is 5.82 Å². The molecule has 5 nitrogen and oxygen atoms in total. The van der Waals surface area contributed by atoms with Gasteiger partial charge in [-0.1, -0.05) is 30.3 Å². The second-order valence-corrected chi connectivity index (χ2v) is 6.80. The molecule has 2 heterocycles. The van der Waals surface area contributed by atoms with Gasteiger partial charge in [0.2, 0.25) is 11.8 Å². The van der Waals surface area contributed by atoms with Gasteiger partial charge in [0.1, 0.15) is 5.82 Å². The third-order valence-electron chi connectivity index (χ3n) is 4.63. The normalized spacial score (nSPS) is 16.9. The van der Waals surface area contributed by atoms with Crippen LogP contribution in [0.4, 0.5) is 4.39 Å². The zero-order valence-electron chi connectivity index (χ0n) is 15.1. The number of rotatable bonds is 7. The summed E-state index contributed by atoms with van der Waals surface area (Å²) in [6.07, 6.45) is 2.31. The fourth-order valence-corrected chi connectivity index (χ4v) is 3.36. The Morgan fingerprint density at radius 1 is 1.04 bits per heavy atom. The highest BCUT2D eigenvalue weighted by atomic mass is 19.1. The van der Waals surface area contributed by atoms with Gasteiger partial charge >= 0.3 is 0 Å². The van der Waals surface area contributed by atoms with Gasteiger partial charge < -0.3 is 9.15 Å². The Hall–Kier alpha value is -2.57. The minimum Gasteiger partial charge on any atom is -0.419 e. The average molecular weight is 367 g/mol. The summed E-state index contributed by atoms with van der Waals surface area (Å²) in [6, 6.07) is 16.4. The largest absolute Gasteiger partial charge is 0.419 e. The maximum absolute atomic E-state index is 13.6. The molecule has 1 aromatic heterocycles. The van der Waals surface area contributed by atoms with Crippen LogP contribution in [0.25, 0.3) is 11.5 Å². The van der Waals surface area contributed by atoms with Crippen molar-refractivity contribution >= 4 is 0 Å². The maximum atomic E-state index is 13.6. The third-order valence-corrected chi connectivity index (χ3v) is 4.63. The zero-order chi connectivity index (χ0) is 18.5. The Kier molecular flexibility index (Phi) is 5.55. The Bertz CT molecular complexity index is 863. The van der Waals surface area contributed by atoms with E-state index in [1.807, 2.05) is 36.4 Å². The molecule has 140 valence electrons. The van der Waals surface area contributed by atoms with E-state index in [0.29, 0.717) is 24.9 Å². The smallest absolute Gasteiger partial charge is 0.247 e. The van der Waals surface area contributed by atoms with E-state index in [2.05, 4.69) is 15.1 Å². The number of aromatic nitrogens is 2. The van der Waals surface area contributed by atoms with E-state index in [0.717, 1.165) is 37.1 Å². The summed E-state index contributed by atoms with van der Waals surface area (Å²) in [5.41, 5.74) is 1.81. The number of ether oxygens (including phenoxy) is 1. The average Bonchev–Trinajstić information content (AvgIpc) is 3.35. The first-order chi connectivity index (χ1) is 13.3. The lowest BCUT2D eigenvalue weighted by molar-refractivity contribution is 0.0649. The van der Waals surface area contributed by atoms with Crippen LogP contribution in [0.2, 0.25) is 0 Å². The van der Waals surface area contributed by atoms with Crippen LogP contribution in [-0.4, -0.2) is 34.4 Å². The Labute approximate surface area is 157 Å². The van der Waals surface area contributed by atoms with Gasteiger partial charge in [-0.25, -0.2) is 4.39 Å². The highest BCUT2D eigenvalue weighted by Crippen LogP contribution is 2.20. The summed E-state index contributed by atoms with van der Waals surface area (Å²) >= 11 is 0. The summed E-state index contributed by atoms with van der Waals surface area (Å²) in [6.45, 7) is 2.65. The molecule has 4 rings (SSSR count). The minimum atomic E-state index is -0.228. The quantitative estimate of drug-likeness (QED) is 0.630. The van der Waals surface area contributed by atoms with Gasteiger partial charge in [0.05, 0.1) is 12.6 Å². The number of hydrogen-bond acceptors (Lipinski definition) is 5. The van der Waals surface area contributed by atoms with Gasteiger partial charge in [-0.2, -0.15) is 0 Å². The summed E-state index contributed by atoms with van der Waals surface area (Å²) in [7, 11) is 0. The maximum Gasteiger partial charge on any atom is 0.247 e. The van der Waals surface area contributed by atoms with Crippen molar-refractivity contribution in [2.24, 2.45) is 0 Å². The molecule has 3 aromatic rings. The lowest BCUT2D eigenvalue weighted by atomic mass is 10.1. The first kappa shape index (κ1) is 17.8. The van der Waals surface area contributed by atoms with E-state index in [-0.39, 0.29) is 11.9 Å². The van der Waals surface area contributed by atoms with Crippen LogP contribution in [-0.2, 0) is 17.8 Å². The lowest BCUT2D eigenvalue weighted by Gasteiger charge is -2.23. The van der Waals surface area contributed by atoms with E-state index in [9.17, 15) is 4.39 Å². The van der Waals surface area contributed by atoms with Crippen LogP contribution >= 0.6 is 0 Å². The summed E-state index contributed by atoms with van der Waals surface area (Å²) in [4.78, 5) is 2.17. The monoisotopic (exact) mass is 367 g/mol. The van der Waals surface area contributed by atoms with E-state index < -0.39 is 0 Å². The molecule has 27 heavy (non-hydrogen) atoms. The van der Waals surface area contributed by atoms with Crippen molar-refractivity contribution in [3.63, 3.8) is 0 Å². The van der Waals surface area contributed by atoms with Gasteiger partial charge in [0.25, 0.3) is 0 Å². The molecule has 1 fully saturated rings. The second-order valence-electron chi connectivity index (χ2n) is 6.80. The molecule has 0 radical (unpaired) electrons.